The van der Waals surface area contributed by atoms with Crippen LogP contribution < -0.4 is 4.89 Å². The van der Waals surface area contributed by atoms with Gasteiger partial charge < -0.3 is 27.9 Å². The van der Waals surface area contributed by atoms with Crippen molar-refractivity contribution in [2.45, 2.75) is 213 Å². The summed E-state index contributed by atoms with van der Waals surface area (Å²) in [4.78, 5) is 37.7. The molecular weight excluding hydrogens is 870 g/mol. The number of ether oxygens (including phenoxy) is 2. The molecule has 2 unspecified atom stereocenters. The first-order valence-electron chi connectivity index (χ1n) is 26.9. The van der Waals surface area contributed by atoms with Crippen molar-refractivity contribution < 1.29 is 42.1 Å². The monoisotopic (exact) mass is 970 g/mol. The number of phosphoric acid groups is 1. The van der Waals surface area contributed by atoms with Gasteiger partial charge >= 0.3 is 11.9 Å². The minimum Gasteiger partial charge on any atom is -0.756 e. The van der Waals surface area contributed by atoms with E-state index in [1.54, 1.807) is 0 Å². The average molecular weight is 970 g/mol. The molecule has 68 heavy (non-hydrogen) atoms. The number of carbonyl (C=O) groups is 2. The maximum absolute atomic E-state index is 12.8. The minimum atomic E-state index is -4.64. The van der Waals surface area contributed by atoms with Crippen LogP contribution in [0.15, 0.2) is 97.2 Å². The maximum atomic E-state index is 12.8. The van der Waals surface area contributed by atoms with E-state index in [1.807, 2.05) is 21.1 Å². The van der Waals surface area contributed by atoms with Gasteiger partial charge in [0.2, 0.25) is 0 Å². The Hall–Kier alpha value is -3.07. The van der Waals surface area contributed by atoms with Gasteiger partial charge in [-0.2, -0.15) is 0 Å². The summed E-state index contributed by atoms with van der Waals surface area (Å²) in [6.07, 6.45) is 65.9. The van der Waals surface area contributed by atoms with Crippen LogP contribution in [-0.2, 0) is 32.7 Å². The smallest absolute Gasteiger partial charge is 0.306 e. The molecule has 9 nitrogen and oxygen atoms in total. The highest BCUT2D eigenvalue weighted by atomic mass is 31.2. The number of quaternary nitrogens is 1. The van der Waals surface area contributed by atoms with Gasteiger partial charge in [-0.1, -0.05) is 195 Å². The van der Waals surface area contributed by atoms with E-state index >= 15 is 0 Å². The molecule has 0 heterocycles. The van der Waals surface area contributed by atoms with Crippen molar-refractivity contribution >= 4 is 19.8 Å². The van der Waals surface area contributed by atoms with Crippen molar-refractivity contribution in [3.63, 3.8) is 0 Å². The van der Waals surface area contributed by atoms with E-state index in [9.17, 15) is 19.0 Å². The van der Waals surface area contributed by atoms with Crippen molar-refractivity contribution in [2.75, 3.05) is 47.5 Å². The fourth-order valence-electron chi connectivity index (χ4n) is 6.92. The molecule has 0 aromatic rings. The number of carbonyl (C=O) groups excluding carboxylic acids is 2. The van der Waals surface area contributed by atoms with E-state index in [-0.39, 0.29) is 26.1 Å². The molecule has 0 amide bonds. The van der Waals surface area contributed by atoms with Gasteiger partial charge in [0.1, 0.15) is 19.8 Å². The SMILES string of the molecule is CC/C=C\C/C=C\C/C=C\C/C=C\C/C=C\C/C=C\C/C=C\CCCCCCCCCCCC(=O)OC(COC(=O)CCCCCCC/C=C\CCCCCC)COP(=O)([O-])OCC[N+](C)(C)C. The Kier molecular flexibility index (Phi) is 46.7. The minimum absolute atomic E-state index is 0.0377. The predicted octanol–water partition coefficient (Wildman–Crippen LogP) is 15.8. The van der Waals surface area contributed by atoms with Crippen LogP contribution in [0.1, 0.15) is 206 Å². The summed E-state index contributed by atoms with van der Waals surface area (Å²) in [5.74, 6) is -0.856. The summed E-state index contributed by atoms with van der Waals surface area (Å²) in [7, 11) is 1.14. The predicted molar refractivity (Wildman–Crippen MR) is 286 cm³/mol. The second-order valence-electron chi connectivity index (χ2n) is 18.9. The lowest BCUT2D eigenvalue weighted by Crippen LogP contribution is -2.37. The quantitative estimate of drug-likeness (QED) is 0.0195. The van der Waals surface area contributed by atoms with Gasteiger partial charge in [-0.05, 0) is 96.3 Å². The molecule has 0 saturated heterocycles. The van der Waals surface area contributed by atoms with Crippen LogP contribution in [-0.4, -0.2) is 70.0 Å². The third-order valence-electron chi connectivity index (χ3n) is 11.1. The molecule has 2 atom stereocenters. The average Bonchev–Trinajstić information content (AvgIpc) is 3.30. The van der Waals surface area contributed by atoms with E-state index in [1.165, 1.54) is 64.2 Å². The molecule has 0 aliphatic rings. The van der Waals surface area contributed by atoms with Crippen molar-refractivity contribution in [3.8, 4) is 0 Å². The summed E-state index contributed by atoms with van der Waals surface area (Å²) in [5, 5.41) is 0. The van der Waals surface area contributed by atoms with E-state index < -0.39 is 32.5 Å². The molecule has 0 radical (unpaired) electrons. The normalized spacial score (nSPS) is 14.1. The van der Waals surface area contributed by atoms with Gasteiger partial charge in [0.05, 0.1) is 27.7 Å². The van der Waals surface area contributed by atoms with Crippen LogP contribution in [0.3, 0.4) is 0 Å². The zero-order valence-electron chi connectivity index (χ0n) is 44.0. The molecule has 0 rings (SSSR count). The molecule has 0 bridgehead atoms. The Bertz CT molecular complexity index is 1470. The first-order chi connectivity index (χ1) is 33.0. The van der Waals surface area contributed by atoms with Gasteiger partial charge in [-0.25, -0.2) is 0 Å². The summed E-state index contributed by atoms with van der Waals surface area (Å²) in [6.45, 7) is 4.07. The van der Waals surface area contributed by atoms with Crippen molar-refractivity contribution in [3.05, 3.63) is 97.2 Å². The Morgan fingerprint density at radius 1 is 0.471 bits per heavy atom. The Morgan fingerprint density at radius 2 is 0.838 bits per heavy atom. The second-order valence-corrected chi connectivity index (χ2v) is 20.3. The summed E-state index contributed by atoms with van der Waals surface area (Å²) < 4.78 is 34.0. The molecule has 0 saturated carbocycles. The van der Waals surface area contributed by atoms with Crippen LogP contribution in [0, 0.1) is 0 Å². The Morgan fingerprint density at radius 3 is 1.26 bits per heavy atom. The lowest BCUT2D eigenvalue weighted by Gasteiger charge is -2.28. The number of likely N-dealkylation sites (N-methyl/N-ethyl adjacent to an activating group) is 1. The molecule has 0 N–H and O–H groups in total. The zero-order chi connectivity index (χ0) is 49.9. The van der Waals surface area contributed by atoms with Gasteiger partial charge in [0, 0.05) is 12.8 Å². The number of rotatable bonds is 48. The molecule has 0 fully saturated rings. The van der Waals surface area contributed by atoms with Crippen LogP contribution in [0.2, 0.25) is 0 Å². The van der Waals surface area contributed by atoms with Crippen LogP contribution in [0.25, 0.3) is 0 Å². The highest BCUT2D eigenvalue weighted by Gasteiger charge is 2.21. The Balaban J connectivity index is 4.19. The zero-order valence-corrected chi connectivity index (χ0v) is 44.9. The lowest BCUT2D eigenvalue weighted by molar-refractivity contribution is -0.870. The van der Waals surface area contributed by atoms with Crippen LogP contribution in [0.4, 0.5) is 0 Å². The number of hydrogen-bond donors (Lipinski definition) is 0. The first-order valence-corrected chi connectivity index (χ1v) is 28.4. The number of allylic oxidation sites excluding steroid dienone is 16. The van der Waals surface area contributed by atoms with Gasteiger partial charge in [0.15, 0.2) is 6.10 Å². The fourth-order valence-corrected chi connectivity index (χ4v) is 7.65. The molecule has 0 aromatic carbocycles. The summed E-state index contributed by atoms with van der Waals surface area (Å²) in [5.41, 5.74) is 0. The van der Waals surface area contributed by atoms with E-state index in [4.69, 9.17) is 18.5 Å². The number of unbranched alkanes of at least 4 members (excludes halogenated alkanes) is 18. The maximum Gasteiger partial charge on any atom is 0.306 e. The third kappa shape index (κ3) is 52.3. The van der Waals surface area contributed by atoms with E-state index in [0.717, 1.165) is 103 Å². The fraction of sp³-hybridized carbons (Fsp3) is 0.690. The number of esters is 2. The highest BCUT2D eigenvalue weighted by molar-refractivity contribution is 7.45. The largest absolute Gasteiger partial charge is 0.756 e. The van der Waals surface area contributed by atoms with E-state index in [2.05, 4.69) is 111 Å². The van der Waals surface area contributed by atoms with Crippen LogP contribution in [0.5, 0.6) is 0 Å². The van der Waals surface area contributed by atoms with Crippen molar-refractivity contribution in [1.82, 2.24) is 0 Å². The molecule has 0 spiro atoms. The van der Waals surface area contributed by atoms with Crippen molar-refractivity contribution in [2.24, 2.45) is 0 Å². The summed E-state index contributed by atoms with van der Waals surface area (Å²) in [6, 6.07) is 0. The van der Waals surface area contributed by atoms with Gasteiger partial charge in [-0.15, -0.1) is 0 Å². The van der Waals surface area contributed by atoms with Gasteiger partial charge in [-0.3, -0.25) is 14.2 Å². The standard InChI is InChI=1S/C58H100NO8P/c1-6-8-10-12-14-16-18-20-21-22-23-24-25-26-27-28-29-30-31-32-33-34-35-36-37-39-41-43-45-47-49-51-58(61)67-56(55-66-68(62,63)65-53-52-59(3,4)5)54-64-57(60)50-48-46-44-42-40-38-19-17-15-13-11-9-7-2/h8,10,14,16-17,19-21,23-24,26-27,29-30,32-33,56H,6-7,9,11-13,15,18,22,25,28,31,34-55H2,1-5H3/b10-8-,16-14-,19-17-,21-20-,24-23-,27-26-,30-29-,33-32-. The Labute approximate surface area is 417 Å². The van der Waals surface area contributed by atoms with Crippen molar-refractivity contribution in [1.29, 1.82) is 0 Å². The first kappa shape index (κ1) is 64.9. The number of nitrogens with zero attached hydrogens (tertiary/aromatic N) is 1. The number of hydrogen-bond acceptors (Lipinski definition) is 8. The molecule has 10 heteroatoms. The lowest BCUT2D eigenvalue weighted by atomic mass is 10.1. The molecule has 390 valence electrons. The summed E-state index contributed by atoms with van der Waals surface area (Å²) >= 11 is 0. The molecule has 0 aliphatic heterocycles. The molecule has 0 aliphatic carbocycles. The second kappa shape index (κ2) is 48.9. The topological polar surface area (TPSA) is 111 Å². The molecular formula is C58H100NO8P. The highest BCUT2D eigenvalue weighted by Crippen LogP contribution is 2.38. The van der Waals surface area contributed by atoms with Gasteiger partial charge in [0.25, 0.3) is 7.82 Å². The third-order valence-corrected chi connectivity index (χ3v) is 12.1. The van der Waals surface area contributed by atoms with E-state index in [0.29, 0.717) is 23.9 Å². The van der Waals surface area contributed by atoms with Crippen LogP contribution >= 0.6 is 7.82 Å². The number of phosphoric ester groups is 1. The molecule has 0 aromatic heterocycles.